The second-order valence-corrected chi connectivity index (χ2v) is 7.29. The van der Waals surface area contributed by atoms with Crippen LogP contribution in [-0.4, -0.2) is 50.8 Å². The van der Waals surface area contributed by atoms with Gasteiger partial charge in [0.2, 0.25) is 0 Å². The summed E-state index contributed by atoms with van der Waals surface area (Å²) in [6.45, 7) is 0.574. The Hall–Kier alpha value is -0.340. The molecule has 0 aromatic carbocycles. The first-order valence-electron chi connectivity index (χ1n) is 6.00. The Balaban J connectivity index is 1.76. The lowest BCUT2D eigenvalue weighted by molar-refractivity contribution is -0.165. The van der Waals surface area contributed by atoms with Gasteiger partial charge in [-0.1, -0.05) is 0 Å². The van der Waals surface area contributed by atoms with E-state index in [0.717, 1.165) is 0 Å². The van der Waals surface area contributed by atoms with Crippen LogP contribution in [0.1, 0.15) is 19.3 Å². The molecule has 2 aliphatic rings. The van der Waals surface area contributed by atoms with Gasteiger partial charge in [0.15, 0.2) is 9.84 Å². The molecule has 1 aliphatic carbocycles. The predicted octanol–water partition coefficient (Wildman–Crippen LogP) is 0.448. The molecule has 8 heteroatoms. The molecule has 1 saturated heterocycles. The average Bonchev–Trinajstić information content (AvgIpc) is 2.96. The maximum Gasteiger partial charge on any atom is 0.406 e. The highest BCUT2D eigenvalue weighted by atomic mass is 32.2. The number of hydrogen-bond acceptors (Lipinski definition) is 4. The maximum absolute atomic E-state index is 12.6. The van der Waals surface area contributed by atoms with Crippen LogP contribution in [0.2, 0.25) is 0 Å². The second-order valence-electron chi connectivity index (χ2n) is 5.06. The molecule has 0 aromatic rings. The summed E-state index contributed by atoms with van der Waals surface area (Å²) in [6.07, 6.45) is -3.57. The van der Waals surface area contributed by atoms with Gasteiger partial charge in [0.05, 0.1) is 11.5 Å². The molecular formula is C10H17F3N2O2S. The summed E-state index contributed by atoms with van der Waals surface area (Å²) in [4.78, 5) is 0. The lowest BCUT2D eigenvalue weighted by atomic mass is 10.2. The molecule has 2 N–H and O–H groups in total. The normalized spacial score (nSPS) is 30.1. The molecule has 0 radical (unpaired) electrons. The van der Waals surface area contributed by atoms with Crippen LogP contribution >= 0.6 is 0 Å². The summed E-state index contributed by atoms with van der Waals surface area (Å²) in [5.41, 5.74) is -1.71. The van der Waals surface area contributed by atoms with Gasteiger partial charge in [-0.3, -0.25) is 0 Å². The Bertz CT molecular complexity index is 404. The lowest BCUT2D eigenvalue weighted by Crippen LogP contribution is -2.49. The first kappa shape index (κ1) is 14.1. The fourth-order valence-electron chi connectivity index (χ4n) is 2.22. The molecule has 18 heavy (non-hydrogen) atoms. The fraction of sp³-hybridized carbons (Fsp3) is 1.00. The minimum Gasteiger partial charge on any atom is -0.312 e. The highest BCUT2D eigenvalue weighted by molar-refractivity contribution is 7.91. The minimum atomic E-state index is -4.21. The zero-order valence-electron chi connectivity index (χ0n) is 9.89. The zero-order valence-corrected chi connectivity index (χ0v) is 10.7. The van der Waals surface area contributed by atoms with Crippen molar-refractivity contribution in [3.8, 4) is 0 Å². The van der Waals surface area contributed by atoms with Gasteiger partial charge >= 0.3 is 6.18 Å². The van der Waals surface area contributed by atoms with Crippen LogP contribution in [0.15, 0.2) is 0 Å². The first-order chi connectivity index (χ1) is 8.24. The average molecular weight is 286 g/mol. The van der Waals surface area contributed by atoms with Gasteiger partial charge < -0.3 is 10.6 Å². The van der Waals surface area contributed by atoms with Crippen molar-refractivity contribution >= 4 is 9.84 Å². The van der Waals surface area contributed by atoms with E-state index in [0.29, 0.717) is 13.0 Å². The lowest BCUT2D eigenvalue weighted by Gasteiger charge is -2.26. The predicted molar refractivity (Wildman–Crippen MR) is 61.1 cm³/mol. The SMILES string of the molecule is O=S1(=O)CCNC(CCNC2(C(F)(F)F)CC2)C1. The van der Waals surface area contributed by atoms with E-state index in [1.807, 2.05) is 0 Å². The van der Waals surface area contributed by atoms with Gasteiger partial charge in [0, 0.05) is 12.6 Å². The van der Waals surface area contributed by atoms with E-state index in [4.69, 9.17) is 0 Å². The Morgan fingerprint density at radius 3 is 2.50 bits per heavy atom. The number of halogens is 3. The van der Waals surface area contributed by atoms with E-state index in [1.54, 1.807) is 0 Å². The highest BCUT2D eigenvalue weighted by Gasteiger charge is 2.62. The summed E-state index contributed by atoms with van der Waals surface area (Å²) >= 11 is 0. The molecule has 0 bridgehead atoms. The van der Waals surface area contributed by atoms with Gasteiger partial charge in [-0.15, -0.1) is 0 Å². The largest absolute Gasteiger partial charge is 0.406 e. The minimum absolute atomic E-state index is 0.0215. The monoisotopic (exact) mass is 286 g/mol. The molecule has 4 nitrogen and oxygen atoms in total. The molecular weight excluding hydrogens is 269 g/mol. The number of sulfone groups is 1. The maximum atomic E-state index is 12.6. The van der Waals surface area contributed by atoms with Crippen LogP contribution in [0.4, 0.5) is 13.2 Å². The van der Waals surface area contributed by atoms with Crippen molar-refractivity contribution in [3.05, 3.63) is 0 Å². The van der Waals surface area contributed by atoms with Crippen molar-refractivity contribution in [1.29, 1.82) is 0 Å². The summed E-state index contributed by atoms with van der Waals surface area (Å²) in [5.74, 6) is 0.136. The van der Waals surface area contributed by atoms with E-state index < -0.39 is 21.6 Å². The van der Waals surface area contributed by atoms with Crippen LogP contribution in [0.25, 0.3) is 0 Å². The molecule has 2 fully saturated rings. The molecule has 1 saturated carbocycles. The van der Waals surface area contributed by atoms with Gasteiger partial charge in [-0.2, -0.15) is 13.2 Å². The second kappa shape index (κ2) is 4.64. The molecule has 1 unspecified atom stereocenters. The van der Waals surface area contributed by atoms with Crippen LogP contribution < -0.4 is 10.6 Å². The first-order valence-corrected chi connectivity index (χ1v) is 7.82. The van der Waals surface area contributed by atoms with Crippen molar-refractivity contribution in [2.24, 2.45) is 0 Å². The molecule has 1 aliphatic heterocycles. The van der Waals surface area contributed by atoms with Crippen molar-refractivity contribution in [2.45, 2.75) is 37.0 Å². The molecule has 2 rings (SSSR count). The van der Waals surface area contributed by atoms with Crippen molar-refractivity contribution < 1.29 is 21.6 Å². The van der Waals surface area contributed by atoms with Gasteiger partial charge in [-0.25, -0.2) is 8.42 Å². The molecule has 0 spiro atoms. The van der Waals surface area contributed by atoms with E-state index in [-0.39, 0.29) is 36.9 Å². The third kappa shape index (κ3) is 3.16. The Labute approximate surface area is 104 Å². The smallest absolute Gasteiger partial charge is 0.312 e. The number of nitrogens with one attached hydrogen (secondary N) is 2. The van der Waals surface area contributed by atoms with E-state index in [1.165, 1.54) is 0 Å². The van der Waals surface area contributed by atoms with E-state index in [2.05, 4.69) is 10.6 Å². The Morgan fingerprint density at radius 1 is 1.33 bits per heavy atom. The van der Waals surface area contributed by atoms with Gasteiger partial charge in [0.1, 0.15) is 5.54 Å². The van der Waals surface area contributed by atoms with Crippen LogP contribution in [0.5, 0.6) is 0 Å². The Morgan fingerprint density at radius 2 is 2.00 bits per heavy atom. The van der Waals surface area contributed by atoms with Crippen molar-refractivity contribution in [2.75, 3.05) is 24.6 Å². The number of hydrogen-bond donors (Lipinski definition) is 2. The van der Waals surface area contributed by atoms with Crippen LogP contribution in [-0.2, 0) is 9.84 Å². The van der Waals surface area contributed by atoms with E-state index >= 15 is 0 Å². The van der Waals surface area contributed by atoms with Gasteiger partial charge in [-0.05, 0) is 25.8 Å². The van der Waals surface area contributed by atoms with Crippen LogP contribution in [0.3, 0.4) is 0 Å². The van der Waals surface area contributed by atoms with Crippen LogP contribution in [0, 0.1) is 0 Å². The topological polar surface area (TPSA) is 58.2 Å². The summed E-state index contributed by atoms with van der Waals surface area (Å²) in [5, 5.41) is 5.54. The third-order valence-corrected chi connectivity index (χ3v) is 5.29. The Kier molecular flexibility index (Phi) is 3.63. The van der Waals surface area contributed by atoms with Gasteiger partial charge in [0.25, 0.3) is 0 Å². The molecule has 1 atom stereocenters. The molecule has 106 valence electrons. The number of rotatable bonds is 4. The fourth-order valence-corrected chi connectivity index (χ4v) is 3.72. The third-order valence-electron chi connectivity index (χ3n) is 3.55. The highest BCUT2D eigenvalue weighted by Crippen LogP contribution is 2.48. The molecule has 0 amide bonds. The molecule has 1 heterocycles. The summed E-state index contributed by atoms with van der Waals surface area (Å²) in [7, 11) is -3.02. The number of alkyl halides is 3. The van der Waals surface area contributed by atoms with Crippen molar-refractivity contribution in [1.82, 2.24) is 10.6 Å². The standard InChI is InChI=1S/C10H17F3N2O2S/c11-10(12,13)9(2-3-9)15-4-1-8-7-18(16,17)6-5-14-8/h8,14-15H,1-7H2. The zero-order chi connectivity index (χ0) is 13.4. The van der Waals surface area contributed by atoms with Crippen molar-refractivity contribution in [3.63, 3.8) is 0 Å². The van der Waals surface area contributed by atoms with E-state index in [9.17, 15) is 21.6 Å². The molecule has 0 aromatic heterocycles. The summed E-state index contributed by atoms with van der Waals surface area (Å²) < 4.78 is 60.5. The quantitative estimate of drug-likeness (QED) is 0.788. The summed E-state index contributed by atoms with van der Waals surface area (Å²) in [6, 6.07) is -0.236.